The van der Waals surface area contributed by atoms with Gasteiger partial charge in [-0.1, -0.05) is 59.9 Å². The predicted molar refractivity (Wildman–Crippen MR) is 133 cm³/mol. The Labute approximate surface area is 200 Å². The Kier molecular flexibility index (Phi) is 5.42. The topological polar surface area (TPSA) is 79.7 Å². The molecule has 5 rings (SSSR count). The summed E-state index contributed by atoms with van der Waals surface area (Å²) >= 11 is 1.35. The zero-order valence-electron chi connectivity index (χ0n) is 18.9. The SMILES string of the molecule is COc1cccc([C@H]2C(=C(O)c3ccccc3)C(=O)C(=O)N2c2nc3c(C)cc(C)cc3s2)c1. The van der Waals surface area contributed by atoms with E-state index in [2.05, 4.69) is 0 Å². The number of anilines is 1. The van der Waals surface area contributed by atoms with Crippen LogP contribution in [0.25, 0.3) is 16.0 Å². The summed E-state index contributed by atoms with van der Waals surface area (Å²) in [5, 5.41) is 11.6. The van der Waals surface area contributed by atoms with E-state index in [-0.39, 0.29) is 11.3 Å². The van der Waals surface area contributed by atoms with E-state index in [0.717, 1.165) is 21.3 Å². The molecule has 7 heteroatoms. The molecule has 0 bridgehead atoms. The van der Waals surface area contributed by atoms with Gasteiger partial charge in [-0.3, -0.25) is 14.5 Å². The zero-order chi connectivity index (χ0) is 24.0. The number of fused-ring (bicyclic) bond motifs is 1. The Bertz CT molecular complexity index is 1470. The Morgan fingerprint density at radius 2 is 1.79 bits per heavy atom. The van der Waals surface area contributed by atoms with Gasteiger partial charge in [0.15, 0.2) is 5.13 Å². The Morgan fingerprint density at radius 3 is 2.53 bits per heavy atom. The van der Waals surface area contributed by atoms with Crippen LogP contribution >= 0.6 is 11.3 Å². The molecule has 3 aromatic carbocycles. The van der Waals surface area contributed by atoms with Crippen LogP contribution in [0.2, 0.25) is 0 Å². The maximum Gasteiger partial charge on any atom is 0.301 e. The highest BCUT2D eigenvalue weighted by atomic mass is 32.1. The van der Waals surface area contributed by atoms with Crippen LogP contribution in [0.1, 0.15) is 28.3 Å². The number of benzene rings is 3. The number of Topliss-reactive ketones (excluding diaryl/α,β-unsaturated/α-hetero) is 1. The number of carbonyl (C=O) groups is 2. The first-order valence-corrected chi connectivity index (χ1v) is 11.6. The van der Waals surface area contributed by atoms with Crippen LogP contribution < -0.4 is 9.64 Å². The number of aromatic nitrogens is 1. The molecule has 1 saturated heterocycles. The third-order valence-corrected chi connectivity index (χ3v) is 6.93. The molecule has 1 N–H and O–H groups in total. The van der Waals surface area contributed by atoms with Gasteiger partial charge in [0.05, 0.1) is 28.9 Å². The van der Waals surface area contributed by atoms with Crippen molar-refractivity contribution in [3.63, 3.8) is 0 Å². The van der Waals surface area contributed by atoms with E-state index in [0.29, 0.717) is 22.0 Å². The number of hydrogen-bond acceptors (Lipinski definition) is 6. The van der Waals surface area contributed by atoms with Gasteiger partial charge in [-0.25, -0.2) is 4.98 Å². The number of carbonyl (C=O) groups excluding carboxylic acids is 2. The third kappa shape index (κ3) is 3.54. The van der Waals surface area contributed by atoms with Crippen LogP contribution in [0.5, 0.6) is 5.75 Å². The Balaban J connectivity index is 1.76. The van der Waals surface area contributed by atoms with E-state index in [1.165, 1.54) is 16.2 Å². The molecule has 1 aliphatic rings. The van der Waals surface area contributed by atoms with E-state index < -0.39 is 17.7 Å². The summed E-state index contributed by atoms with van der Waals surface area (Å²) in [6, 6.07) is 19.1. The number of hydrogen-bond donors (Lipinski definition) is 1. The fourth-order valence-electron chi connectivity index (χ4n) is 4.37. The molecule has 0 spiro atoms. The van der Waals surface area contributed by atoms with Crippen molar-refractivity contribution < 1.29 is 19.4 Å². The molecule has 0 saturated carbocycles. The van der Waals surface area contributed by atoms with E-state index >= 15 is 0 Å². The molecule has 0 radical (unpaired) electrons. The number of aryl methyl sites for hydroxylation is 2. The second-order valence-electron chi connectivity index (χ2n) is 8.24. The number of thiazole rings is 1. The van der Waals surface area contributed by atoms with Crippen LogP contribution in [0.3, 0.4) is 0 Å². The number of amides is 1. The van der Waals surface area contributed by atoms with Gasteiger partial charge in [0.2, 0.25) is 0 Å². The molecule has 1 aromatic heterocycles. The standard InChI is InChI=1S/C27H22N2O4S/c1-15-12-16(2)22-20(13-15)34-27(28-22)29-23(18-10-7-11-19(14-18)33-3)21(25(31)26(29)32)24(30)17-8-5-4-6-9-17/h4-14,23,30H,1-3H3/t23-/m0/s1. The van der Waals surface area contributed by atoms with E-state index in [1.54, 1.807) is 49.6 Å². The summed E-state index contributed by atoms with van der Waals surface area (Å²) in [6.45, 7) is 3.98. The molecule has 0 aliphatic carbocycles. The fourth-order valence-corrected chi connectivity index (χ4v) is 5.54. The summed E-state index contributed by atoms with van der Waals surface area (Å²) in [7, 11) is 1.55. The molecule has 1 amide bonds. The summed E-state index contributed by atoms with van der Waals surface area (Å²) in [6.07, 6.45) is 0. The van der Waals surface area contributed by atoms with Crippen LogP contribution in [0, 0.1) is 13.8 Å². The number of ether oxygens (including phenoxy) is 1. The first-order chi connectivity index (χ1) is 16.4. The lowest BCUT2D eigenvalue weighted by Crippen LogP contribution is -2.29. The number of methoxy groups -OCH3 is 1. The van der Waals surface area contributed by atoms with Gasteiger partial charge < -0.3 is 9.84 Å². The van der Waals surface area contributed by atoms with Crippen LogP contribution in [0.15, 0.2) is 72.3 Å². The molecule has 34 heavy (non-hydrogen) atoms. The van der Waals surface area contributed by atoms with Crippen molar-refractivity contribution in [2.75, 3.05) is 12.0 Å². The predicted octanol–water partition coefficient (Wildman–Crippen LogP) is 5.55. The van der Waals surface area contributed by atoms with Crippen LogP contribution in [-0.4, -0.2) is 28.9 Å². The second kappa shape index (κ2) is 8.43. The van der Waals surface area contributed by atoms with E-state index in [1.807, 2.05) is 38.1 Å². The number of rotatable bonds is 4. The minimum atomic E-state index is -0.850. The van der Waals surface area contributed by atoms with Crippen molar-refractivity contribution in [3.05, 3.63) is 94.6 Å². The summed E-state index contributed by atoms with van der Waals surface area (Å²) < 4.78 is 6.32. The molecule has 1 atom stereocenters. The van der Waals surface area contributed by atoms with Gasteiger partial charge >= 0.3 is 5.91 Å². The lowest BCUT2D eigenvalue weighted by molar-refractivity contribution is -0.132. The minimum Gasteiger partial charge on any atom is -0.507 e. The minimum absolute atomic E-state index is 0.0246. The second-order valence-corrected chi connectivity index (χ2v) is 9.25. The fraction of sp³-hybridized carbons (Fsp3) is 0.148. The first kappa shape index (κ1) is 21.9. The van der Waals surface area contributed by atoms with Gasteiger partial charge in [0.1, 0.15) is 11.5 Å². The van der Waals surface area contributed by atoms with Crippen molar-refractivity contribution in [1.29, 1.82) is 0 Å². The van der Waals surface area contributed by atoms with Crippen molar-refractivity contribution in [1.82, 2.24) is 4.98 Å². The molecule has 1 aliphatic heterocycles. The molecule has 6 nitrogen and oxygen atoms in total. The molecular formula is C27H22N2O4S. The van der Waals surface area contributed by atoms with Crippen LogP contribution in [-0.2, 0) is 9.59 Å². The summed E-state index contributed by atoms with van der Waals surface area (Å²) in [5.74, 6) is -1.11. The monoisotopic (exact) mass is 470 g/mol. The molecule has 4 aromatic rings. The van der Waals surface area contributed by atoms with Crippen molar-refractivity contribution >= 4 is 44.1 Å². The maximum atomic E-state index is 13.4. The largest absolute Gasteiger partial charge is 0.507 e. The van der Waals surface area contributed by atoms with Gasteiger partial charge in [0.25, 0.3) is 5.78 Å². The number of aliphatic hydroxyl groups excluding tert-OH is 1. The van der Waals surface area contributed by atoms with Gasteiger partial charge in [-0.05, 0) is 48.7 Å². The summed E-state index contributed by atoms with van der Waals surface area (Å²) in [4.78, 5) is 32.8. The molecule has 170 valence electrons. The third-order valence-electron chi connectivity index (χ3n) is 5.93. The number of aliphatic hydroxyl groups is 1. The van der Waals surface area contributed by atoms with E-state index in [4.69, 9.17) is 9.72 Å². The summed E-state index contributed by atoms with van der Waals surface area (Å²) in [5.41, 5.74) is 4.01. The van der Waals surface area contributed by atoms with E-state index in [9.17, 15) is 14.7 Å². The van der Waals surface area contributed by atoms with Gasteiger partial charge in [0, 0.05) is 5.56 Å². The Morgan fingerprint density at radius 1 is 1.03 bits per heavy atom. The number of nitrogens with zero attached hydrogens (tertiary/aromatic N) is 2. The van der Waals surface area contributed by atoms with Crippen molar-refractivity contribution in [2.45, 2.75) is 19.9 Å². The van der Waals surface area contributed by atoms with Crippen molar-refractivity contribution in [2.24, 2.45) is 0 Å². The Hall–Kier alpha value is -3.97. The molecule has 2 heterocycles. The zero-order valence-corrected chi connectivity index (χ0v) is 19.7. The first-order valence-electron chi connectivity index (χ1n) is 10.8. The lowest BCUT2D eigenvalue weighted by Gasteiger charge is -2.23. The van der Waals surface area contributed by atoms with Gasteiger partial charge in [-0.15, -0.1) is 0 Å². The molecular weight excluding hydrogens is 448 g/mol. The van der Waals surface area contributed by atoms with Gasteiger partial charge in [-0.2, -0.15) is 0 Å². The average Bonchev–Trinajstić information content (AvgIpc) is 3.38. The van der Waals surface area contributed by atoms with Crippen molar-refractivity contribution in [3.8, 4) is 5.75 Å². The maximum absolute atomic E-state index is 13.4. The van der Waals surface area contributed by atoms with Crippen LogP contribution in [0.4, 0.5) is 5.13 Å². The average molecular weight is 471 g/mol. The molecule has 0 unspecified atom stereocenters. The smallest absolute Gasteiger partial charge is 0.301 e. The quantitative estimate of drug-likeness (QED) is 0.240. The lowest BCUT2D eigenvalue weighted by atomic mass is 9.95. The number of ketones is 1. The molecule has 1 fully saturated rings. The normalized spacial score (nSPS) is 17.5. The highest BCUT2D eigenvalue weighted by Crippen LogP contribution is 2.45. The highest BCUT2D eigenvalue weighted by molar-refractivity contribution is 7.22. The highest BCUT2D eigenvalue weighted by Gasteiger charge is 2.48.